The summed E-state index contributed by atoms with van der Waals surface area (Å²) >= 11 is 11.4. The Morgan fingerprint density at radius 1 is 1.47 bits per heavy atom. The Labute approximate surface area is 110 Å². The third kappa shape index (κ3) is 3.70. The smallest absolute Gasteiger partial charge is 0.170 e. The van der Waals surface area contributed by atoms with Gasteiger partial charge >= 0.3 is 0 Å². The monoisotopic (exact) mass is 354 g/mol. The molecule has 0 radical (unpaired) electrons. The molecule has 0 heterocycles. The van der Waals surface area contributed by atoms with Crippen molar-refractivity contribution in [3.05, 3.63) is 26.9 Å². The van der Waals surface area contributed by atoms with Crippen LogP contribution in [0.15, 0.2) is 21.1 Å². The minimum atomic E-state index is -0.364. The fourth-order valence-electron chi connectivity index (χ4n) is 0.980. The summed E-state index contributed by atoms with van der Waals surface area (Å²) in [6.07, 6.45) is 0. The Morgan fingerprint density at radius 2 is 2.13 bits per heavy atom. The Balaban J connectivity index is 2.90. The second-order valence-electron chi connectivity index (χ2n) is 2.73. The fraction of sp³-hybridized carbons (Fsp3) is 0.222. The zero-order valence-corrected chi connectivity index (χ0v) is 11.9. The molecule has 0 saturated carbocycles. The third-order valence-electron chi connectivity index (χ3n) is 1.58. The lowest BCUT2D eigenvalue weighted by molar-refractivity contribution is 0.630. The number of nitrogens with one attached hydrogen (secondary N) is 2. The van der Waals surface area contributed by atoms with Gasteiger partial charge in [0.05, 0.1) is 5.69 Å². The molecular weight excluding hydrogens is 347 g/mol. The molecule has 0 spiro atoms. The second kappa shape index (κ2) is 5.77. The van der Waals surface area contributed by atoms with Crippen molar-refractivity contribution >= 4 is 54.9 Å². The number of benzene rings is 1. The molecule has 2 nitrogen and oxygen atoms in total. The van der Waals surface area contributed by atoms with Crippen molar-refractivity contribution in [3.63, 3.8) is 0 Å². The van der Waals surface area contributed by atoms with Crippen molar-refractivity contribution in [2.75, 3.05) is 11.9 Å². The first-order valence-electron chi connectivity index (χ1n) is 4.24. The lowest BCUT2D eigenvalue weighted by atomic mass is 10.3. The van der Waals surface area contributed by atoms with Crippen LogP contribution in [-0.2, 0) is 0 Å². The van der Waals surface area contributed by atoms with Crippen LogP contribution in [0.5, 0.6) is 0 Å². The van der Waals surface area contributed by atoms with Gasteiger partial charge in [-0.15, -0.1) is 0 Å². The van der Waals surface area contributed by atoms with E-state index in [2.05, 4.69) is 42.5 Å². The van der Waals surface area contributed by atoms with E-state index in [0.29, 0.717) is 26.3 Å². The summed E-state index contributed by atoms with van der Waals surface area (Å²) in [7, 11) is 0. The van der Waals surface area contributed by atoms with Gasteiger partial charge in [0.25, 0.3) is 0 Å². The average Bonchev–Trinajstić information content (AvgIpc) is 2.11. The lowest BCUT2D eigenvalue weighted by Crippen LogP contribution is -2.28. The maximum atomic E-state index is 13.5. The topological polar surface area (TPSA) is 24.1 Å². The molecule has 0 amide bonds. The van der Waals surface area contributed by atoms with Crippen LogP contribution in [0.2, 0.25) is 0 Å². The summed E-state index contributed by atoms with van der Waals surface area (Å²) in [5.74, 6) is -0.364. The molecule has 0 bridgehead atoms. The zero-order chi connectivity index (χ0) is 11.4. The summed E-state index contributed by atoms with van der Waals surface area (Å²) in [6.45, 7) is 2.61. The van der Waals surface area contributed by atoms with Crippen molar-refractivity contribution < 1.29 is 4.39 Å². The number of halogens is 3. The van der Waals surface area contributed by atoms with E-state index in [1.54, 1.807) is 6.07 Å². The first-order chi connectivity index (χ1) is 7.04. The third-order valence-corrected chi connectivity index (χ3v) is 2.91. The van der Waals surface area contributed by atoms with Gasteiger partial charge in [0.15, 0.2) is 5.11 Å². The molecular formula is C9H9Br2FN2S. The summed E-state index contributed by atoms with van der Waals surface area (Å²) < 4.78 is 14.8. The highest BCUT2D eigenvalue weighted by molar-refractivity contribution is 9.11. The average molecular weight is 356 g/mol. The maximum Gasteiger partial charge on any atom is 0.170 e. The number of hydrogen-bond acceptors (Lipinski definition) is 1. The van der Waals surface area contributed by atoms with Gasteiger partial charge in [-0.2, -0.15) is 0 Å². The van der Waals surface area contributed by atoms with Crippen molar-refractivity contribution in [1.82, 2.24) is 5.32 Å². The van der Waals surface area contributed by atoms with E-state index in [-0.39, 0.29) is 5.82 Å². The normalized spacial score (nSPS) is 9.87. The molecule has 1 rings (SSSR count). The molecule has 0 aromatic heterocycles. The van der Waals surface area contributed by atoms with Crippen molar-refractivity contribution in [2.24, 2.45) is 0 Å². The van der Waals surface area contributed by atoms with Crippen LogP contribution >= 0.6 is 44.1 Å². The van der Waals surface area contributed by atoms with Crippen molar-refractivity contribution in [1.29, 1.82) is 0 Å². The molecule has 0 unspecified atom stereocenters. The summed E-state index contributed by atoms with van der Waals surface area (Å²) in [5.41, 5.74) is 0.337. The Kier molecular flexibility index (Phi) is 4.95. The molecule has 0 aliphatic heterocycles. The molecule has 0 aliphatic carbocycles. The van der Waals surface area contributed by atoms with Gasteiger partial charge in [0, 0.05) is 15.5 Å². The quantitative estimate of drug-likeness (QED) is 0.792. The molecule has 0 aliphatic rings. The SMILES string of the molecule is CCNC(=S)Nc1c(F)cc(Br)cc1Br. The highest BCUT2D eigenvalue weighted by atomic mass is 79.9. The zero-order valence-electron chi connectivity index (χ0n) is 7.90. The van der Waals surface area contributed by atoms with E-state index in [9.17, 15) is 4.39 Å². The van der Waals surface area contributed by atoms with Crippen molar-refractivity contribution in [3.8, 4) is 0 Å². The highest BCUT2D eigenvalue weighted by Gasteiger charge is 2.09. The predicted molar refractivity (Wildman–Crippen MR) is 71.7 cm³/mol. The minimum absolute atomic E-state index is 0.337. The van der Waals surface area contributed by atoms with Crippen LogP contribution in [0.3, 0.4) is 0 Å². The second-order valence-corrected chi connectivity index (χ2v) is 4.91. The van der Waals surface area contributed by atoms with E-state index in [4.69, 9.17) is 12.2 Å². The molecule has 2 N–H and O–H groups in total. The van der Waals surface area contributed by atoms with E-state index in [1.165, 1.54) is 6.07 Å². The van der Waals surface area contributed by atoms with Gasteiger partial charge in [-0.1, -0.05) is 15.9 Å². The van der Waals surface area contributed by atoms with Crippen LogP contribution in [0.4, 0.5) is 10.1 Å². The van der Waals surface area contributed by atoms with Gasteiger partial charge in [0.1, 0.15) is 5.82 Å². The largest absolute Gasteiger partial charge is 0.363 e. The molecule has 1 aromatic rings. The first kappa shape index (κ1) is 12.9. The standard InChI is InChI=1S/C9H9Br2FN2S/c1-2-13-9(15)14-8-6(11)3-5(10)4-7(8)12/h3-4H,2H2,1H3,(H2,13,14,15). The Hall–Kier alpha value is -0.200. The Bertz CT molecular complexity index is 361. The number of hydrogen-bond donors (Lipinski definition) is 2. The first-order valence-corrected chi connectivity index (χ1v) is 6.23. The fourth-order valence-corrected chi connectivity index (χ4v) is 2.50. The molecule has 0 fully saturated rings. The molecule has 0 saturated heterocycles. The van der Waals surface area contributed by atoms with Crippen LogP contribution in [0.25, 0.3) is 0 Å². The predicted octanol–water partition coefficient (Wildman–Crippen LogP) is 3.66. The van der Waals surface area contributed by atoms with Crippen LogP contribution in [-0.4, -0.2) is 11.7 Å². The van der Waals surface area contributed by atoms with Gasteiger partial charge in [0.2, 0.25) is 0 Å². The van der Waals surface area contributed by atoms with E-state index < -0.39 is 0 Å². The maximum absolute atomic E-state index is 13.5. The number of anilines is 1. The molecule has 0 atom stereocenters. The summed E-state index contributed by atoms with van der Waals surface area (Å²) in [5, 5.41) is 6.07. The highest BCUT2D eigenvalue weighted by Crippen LogP contribution is 2.29. The van der Waals surface area contributed by atoms with Crippen molar-refractivity contribution in [2.45, 2.75) is 6.92 Å². The number of rotatable bonds is 2. The van der Waals surface area contributed by atoms with Crippen LogP contribution in [0, 0.1) is 5.82 Å². The Morgan fingerprint density at radius 3 is 2.67 bits per heavy atom. The molecule has 82 valence electrons. The van der Waals surface area contributed by atoms with Gasteiger partial charge < -0.3 is 10.6 Å². The molecule has 6 heteroatoms. The summed E-state index contributed by atoms with van der Waals surface area (Å²) in [6, 6.07) is 3.13. The summed E-state index contributed by atoms with van der Waals surface area (Å²) in [4.78, 5) is 0. The number of thiocarbonyl (C=S) groups is 1. The van der Waals surface area contributed by atoms with Gasteiger partial charge in [-0.3, -0.25) is 0 Å². The van der Waals surface area contributed by atoms with E-state index in [1.807, 2.05) is 6.92 Å². The van der Waals surface area contributed by atoms with Gasteiger partial charge in [-0.05, 0) is 47.2 Å². The molecule has 1 aromatic carbocycles. The van der Waals surface area contributed by atoms with Gasteiger partial charge in [-0.25, -0.2) is 4.39 Å². The molecule has 15 heavy (non-hydrogen) atoms. The lowest BCUT2D eigenvalue weighted by Gasteiger charge is -2.11. The van der Waals surface area contributed by atoms with Crippen LogP contribution in [0.1, 0.15) is 6.92 Å². The van der Waals surface area contributed by atoms with Crippen LogP contribution < -0.4 is 10.6 Å². The minimum Gasteiger partial charge on any atom is -0.363 e. The van der Waals surface area contributed by atoms with E-state index in [0.717, 1.165) is 0 Å². The van der Waals surface area contributed by atoms with E-state index >= 15 is 0 Å².